The average molecular weight is 277 g/mol. The van der Waals surface area contributed by atoms with E-state index in [1.165, 1.54) is 6.92 Å². The fourth-order valence-electron chi connectivity index (χ4n) is 1.53. The van der Waals surface area contributed by atoms with Gasteiger partial charge in [0, 0.05) is 26.6 Å². The minimum Gasteiger partial charge on any atom is -0.489 e. The third-order valence-electron chi connectivity index (χ3n) is 2.49. The summed E-state index contributed by atoms with van der Waals surface area (Å²) in [5, 5.41) is 24.3. The monoisotopic (exact) mass is 277 g/mol. The summed E-state index contributed by atoms with van der Waals surface area (Å²) in [4.78, 5) is 10.6. The fourth-order valence-corrected chi connectivity index (χ4v) is 1.53. The van der Waals surface area contributed by atoms with Gasteiger partial charge >= 0.3 is 0 Å². The van der Waals surface area contributed by atoms with Crippen LogP contribution in [-0.4, -0.2) is 43.4 Å². The van der Waals surface area contributed by atoms with E-state index in [4.69, 9.17) is 10.00 Å². The highest BCUT2D eigenvalue weighted by atomic mass is 16.5. The third-order valence-corrected chi connectivity index (χ3v) is 2.49. The zero-order chi connectivity index (χ0) is 14.8. The number of hydrogen-bond acceptors (Lipinski definition) is 5. The molecule has 6 heteroatoms. The lowest BCUT2D eigenvalue weighted by atomic mass is 10.2. The molecule has 1 aromatic rings. The first-order valence-electron chi connectivity index (χ1n) is 6.38. The molecule has 0 radical (unpaired) electrons. The molecule has 0 aliphatic heterocycles. The SMILES string of the molecule is CC(=O)NCCNCC(O)COc1ccccc1C#N. The van der Waals surface area contributed by atoms with Gasteiger partial charge in [-0.3, -0.25) is 4.79 Å². The summed E-state index contributed by atoms with van der Waals surface area (Å²) in [5.41, 5.74) is 0.443. The van der Waals surface area contributed by atoms with E-state index in [1.807, 2.05) is 6.07 Å². The molecule has 0 spiro atoms. The largest absolute Gasteiger partial charge is 0.489 e. The zero-order valence-electron chi connectivity index (χ0n) is 11.4. The predicted molar refractivity (Wildman–Crippen MR) is 74.2 cm³/mol. The van der Waals surface area contributed by atoms with Crippen molar-refractivity contribution in [2.45, 2.75) is 13.0 Å². The summed E-state index contributed by atoms with van der Waals surface area (Å²) in [6.45, 7) is 3.00. The van der Waals surface area contributed by atoms with E-state index in [9.17, 15) is 9.90 Å². The Morgan fingerprint density at radius 2 is 2.20 bits per heavy atom. The molecule has 1 rings (SSSR count). The molecule has 6 nitrogen and oxygen atoms in total. The standard InChI is InChI=1S/C14H19N3O3/c1-11(18)17-7-6-16-9-13(19)10-20-14-5-3-2-4-12(14)8-15/h2-5,13,16,19H,6-7,9-10H2,1H3,(H,17,18). The molecule has 1 atom stereocenters. The van der Waals surface area contributed by atoms with Crippen molar-refractivity contribution >= 4 is 5.91 Å². The van der Waals surface area contributed by atoms with Crippen molar-refractivity contribution in [2.75, 3.05) is 26.2 Å². The van der Waals surface area contributed by atoms with Crippen LogP contribution in [0.5, 0.6) is 5.75 Å². The first-order chi connectivity index (χ1) is 9.63. The van der Waals surface area contributed by atoms with Gasteiger partial charge in [-0.1, -0.05) is 12.1 Å². The van der Waals surface area contributed by atoms with E-state index in [-0.39, 0.29) is 12.5 Å². The van der Waals surface area contributed by atoms with Crippen LogP contribution in [0.1, 0.15) is 12.5 Å². The molecule has 20 heavy (non-hydrogen) atoms. The topological polar surface area (TPSA) is 94.4 Å². The van der Waals surface area contributed by atoms with Gasteiger partial charge in [-0.05, 0) is 12.1 Å². The number of nitrogens with zero attached hydrogens (tertiary/aromatic N) is 1. The number of carbonyl (C=O) groups is 1. The predicted octanol–water partition coefficient (Wildman–Crippen LogP) is 0.0237. The van der Waals surface area contributed by atoms with Crippen molar-refractivity contribution in [1.29, 1.82) is 5.26 Å². The van der Waals surface area contributed by atoms with Crippen LogP contribution in [0.4, 0.5) is 0 Å². The lowest BCUT2D eigenvalue weighted by Crippen LogP contribution is -2.36. The van der Waals surface area contributed by atoms with Crippen LogP contribution >= 0.6 is 0 Å². The first kappa shape index (κ1) is 16.0. The maximum Gasteiger partial charge on any atom is 0.216 e. The summed E-state index contributed by atoms with van der Waals surface area (Å²) < 4.78 is 5.40. The van der Waals surface area contributed by atoms with Crippen LogP contribution < -0.4 is 15.4 Å². The summed E-state index contributed by atoms with van der Waals surface area (Å²) in [7, 11) is 0. The fraction of sp³-hybridized carbons (Fsp3) is 0.429. The summed E-state index contributed by atoms with van der Waals surface area (Å²) in [5.74, 6) is 0.385. The van der Waals surface area contributed by atoms with E-state index in [0.29, 0.717) is 30.9 Å². The Balaban J connectivity index is 2.21. The Kier molecular flexibility index (Phi) is 7.11. The number of aliphatic hydroxyl groups excluding tert-OH is 1. The Labute approximate surface area is 118 Å². The summed E-state index contributed by atoms with van der Waals surface area (Å²) in [6, 6.07) is 8.90. The summed E-state index contributed by atoms with van der Waals surface area (Å²) in [6.07, 6.45) is -0.681. The number of hydrogen-bond donors (Lipinski definition) is 3. The van der Waals surface area contributed by atoms with Crippen LogP contribution in [0.25, 0.3) is 0 Å². The van der Waals surface area contributed by atoms with Gasteiger partial charge in [0.1, 0.15) is 24.5 Å². The molecule has 1 amide bonds. The summed E-state index contributed by atoms with van der Waals surface area (Å²) >= 11 is 0. The molecule has 0 aliphatic rings. The molecule has 1 unspecified atom stereocenters. The molecule has 0 bridgehead atoms. The minimum atomic E-state index is -0.681. The molecular weight excluding hydrogens is 258 g/mol. The third kappa shape index (κ3) is 6.18. The van der Waals surface area contributed by atoms with Crippen molar-refractivity contribution in [3.63, 3.8) is 0 Å². The van der Waals surface area contributed by atoms with Crippen LogP contribution in [0.3, 0.4) is 0 Å². The highest BCUT2D eigenvalue weighted by molar-refractivity contribution is 5.72. The Hall–Kier alpha value is -2.10. The van der Waals surface area contributed by atoms with Gasteiger partial charge in [0.25, 0.3) is 0 Å². The highest BCUT2D eigenvalue weighted by Gasteiger charge is 2.07. The molecule has 0 fully saturated rings. The van der Waals surface area contributed by atoms with E-state index in [2.05, 4.69) is 10.6 Å². The number of carbonyl (C=O) groups excluding carboxylic acids is 1. The lowest BCUT2D eigenvalue weighted by Gasteiger charge is -2.14. The van der Waals surface area contributed by atoms with Crippen LogP contribution in [0.15, 0.2) is 24.3 Å². The molecule has 0 aliphatic carbocycles. The number of para-hydroxylation sites is 1. The van der Waals surface area contributed by atoms with Gasteiger partial charge in [0.15, 0.2) is 0 Å². The van der Waals surface area contributed by atoms with Crippen molar-refractivity contribution in [3.05, 3.63) is 29.8 Å². The second-order valence-corrected chi connectivity index (χ2v) is 4.26. The van der Waals surface area contributed by atoms with Gasteiger partial charge < -0.3 is 20.5 Å². The maximum atomic E-state index is 10.6. The van der Waals surface area contributed by atoms with Gasteiger partial charge in [-0.25, -0.2) is 0 Å². The van der Waals surface area contributed by atoms with Crippen LogP contribution in [-0.2, 0) is 4.79 Å². The number of amides is 1. The van der Waals surface area contributed by atoms with Crippen LogP contribution in [0, 0.1) is 11.3 Å². The van der Waals surface area contributed by atoms with Crippen molar-refractivity contribution in [3.8, 4) is 11.8 Å². The van der Waals surface area contributed by atoms with E-state index >= 15 is 0 Å². The number of aliphatic hydroxyl groups is 1. The molecule has 0 heterocycles. The number of rotatable bonds is 8. The molecule has 108 valence electrons. The first-order valence-corrected chi connectivity index (χ1v) is 6.38. The zero-order valence-corrected chi connectivity index (χ0v) is 11.4. The van der Waals surface area contributed by atoms with E-state index < -0.39 is 6.10 Å². The van der Waals surface area contributed by atoms with Gasteiger partial charge in [-0.2, -0.15) is 5.26 Å². The van der Waals surface area contributed by atoms with E-state index in [1.54, 1.807) is 24.3 Å². The minimum absolute atomic E-state index is 0.0798. The Bertz CT molecular complexity index is 471. The highest BCUT2D eigenvalue weighted by Crippen LogP contribution is 2.16. The smallest absolute Gasteiger partial charge is 0.216 e. The quantitative estimate of drug-likeness (QED) is 0.583. The number of nitriles is 1. The van der Waals surface area contributed by atoms with Gasteiger partial charge in [-0.15, -0.1) is 0 Å². The van der Waals surface area contributed by atoms with Crippen molar-refractivity contribution < 1.29 is 14.6 Å². The normalized spacial score (nSPS) is 11.4. The molecule has 0 saturated heterocycles. The molecule has 1 aromatic carbocycles. The van der Waals surface area contributed by atoms with Gasteiger partial charge in [0.05, 0.1) is 5.56 Å². The number of ether oxygens (including phenoxy) is 1. The molecule has 0 saturated carbocycles. The second-order valence-electron chi connectivity index (χ2n) is 4.26. The molecular formula is C14H19N3O3. The van der Waals surface area contributed by atoms with Gasteiger partial charge in [0.2, 0.25) is 5.91 Å². The van der Waals surface area contributed by atoms with Crippen molar-refractivity contribution in [1.82, 2.24) is 10.6 Å². The Morgan fingerprint density at radius 3 is 2.90 bits per heavy atom. The number of benzene rings is 1. The molecule has 0 aromatic heterocycles. The maximum absolute atomic E-state index is 10.6. The van der Waals surface area contributed by atoms with Crippen molar-refractivity contribution in [2.24, 2.45) is 0 Å². The number of nitrogens with one attached hydrogen (secondary N) is 2. The molecule has 3 N–H and O–H groups in total. The Morgan fingerprint density at radius 1 is 1.45 bits per heavy atom. The lowest BCUT2D eigenvalue weighted by molar-refractivity contribution is -0.118. The van der Waals surface area contributed by atoms with E-state index in [0.717, 1.165) is 0 Å². The second kappa shape index (κ2) is 8.91. The van der Waals surface area contributed by atoms with Crippen LogP contribution in [0.2, 0.25) is 0 Å². The average Bonchev–Trinajstić information content (AvgIpc) is 2.44.